The minimum absolute atomic E-state index is 0.0782. The summed E-state index contributed by atoms with van der Waals surface area (Å²) in [6.45, 7) is 7.40. The molecular weight excluding hydrogens is 488 g/mol. The van der Waals surface area contributed by atoms with Gasteiger partial charge in [-0.05, 0) is 59.7 Å². The van der Waals surface area contributed by atoms with Crippen LogP contribution in [-0.2, 0) is 16.1 Å². The molecule has 0 aliphatic carbocycles. The molecule has 1 aromatic heterocycles. The van der Waals surface area contributed by atoms with Crippen LogP contribution in [-0.4, -0.2) is 53.8 Å². The van der Waals surface area contributed by atoms with Crippen LogP contribution in [0.2, 0.25) is 0 Å². The maximum absolute atomic E-state index is 13.7. The molecule has 7 nitrogen and oxygen atoms in total. The number of nitrogens with one attached hydrogen (secondary N) is 2. The number of benzene rings is 2. The van der Waals surface area contributed by atoms with Crippen LogP contribution in [0, 0.1) is 5.41 Å². The van der Waals surface area contributed by atoms with E-state index in [1.165, 1.54) is 5.56 Å². The maximum atomic E-state index is 13.7. The summed E-state index contributed by atoms with van der Waals surface area (Å²) in [5.74, 6) is 1.13. The van der Waals surface area contributed by atoms with Gasteiger partial charge in [0.1, 0.15) is 18.1 Å². The molecule has 1 atom stereocenters. The van der Waals surface area contributed by atoms with Crippen molar-refractivity contribution in [1.82, 2.24) is 15.2 Å². The van der Waals surface area contributed by atoms with Gasteiger partial charge >= 0.3 is 0 Å². The van der Waals surface area contributed by atoms with Crippen molar-refractivity contribution in [2.24, 2.45) is 0 Å². The Kier molecular flexibility index (Phi) is 8.37. The highest BCUT2D eigenvalue weighted by molar-refractivity contribution is 6.34. The van der Waals surface area contributed by atoms with E-state index in [2.05, 4.69) is 48.4 Å². The maximum Gasteiger partial charge on any atom is 0.270 e. The summed E-state index contributed by atoms with van der Waals surface area (Å²) in [4.78, 5) is 19.6. The minimum atomic E-state index is -0.101. The topological polar surface area (TPSA) is 87.5 Å². The lowest BCUT2D eigenvalue weighted by molar-refractivity contribution is -0.130. The van der Waals surface area contributed by atoms with Gasteiger partial charge in [0, 0.05) is 49.8 Å². The first-order valence-electron chi connectivity index (χ1n) is 13.7. The molecule has 1 unspecified atom stereocenters. The molecule has 0 bridgehead atoms. The highest BCUT2D eigenvalue weighted by atomic mass is 16.5. The second-order valence-electron chi connectivity index (χ2n) is 10.4. The Balaban J connectivity index is 1.39. The van der Waals surface area contributed by atoms with E-state index in [-0.39, 0.29) is 17.7 Å². The molecule has 7 heteroatoms. The van der Waals surface area contributed by atoms with Crippen molar-refractivity contribution in [2.75, 3.05) is 26.2 Å². The predicted molar refractivity (Wildman–Crippen MR) is 153 cm³/mol. The molecule has 3 heterocycles. The van der Waals surface area contributed by atoms with Gasteiger partial charge in [-0.2, -0.15) is 0 Å². The molecular formula is C32H36N4O3. The molecule has 2 saturated heterocycles. The van der Waals surface area contributed by atoms with E-state index in [1.807, 2.05) is 29.2 Å². The average molecular weight is 525 g/mol. The lowest BCUT2D eigenvalue weighted by Crippen LogP contribution is -2.49. The number of ether oxygens (including phenoxy) is 2. The normalized spacial score (nSPS) is 18.7. The van der Waals surface area contributed by atoms with Crippen molar-refractivity contribution in [2.45, 2.75) is 45.3 Å². The molecule has 39 heavy (non-hydrogen) atoms. The van der Waals surface area contributed by atoms with E-state index in [0.29, 0.717) is 49.0 Å². The fourth-order valence-corrected chi connectivity index (χ4v) is 5.01. The van der Waals surface area contributed by atoms with Crippen molar-refractivity contribution in [1.29, 1.82) is 5.41 Å². The molecule has 2 aliphatic rings. The molecule has 0 saturated carbocycles. The Bertz CT molecular complexity index is 1310. The number of hydrogen-bond acceptors (Lipinski definition) is 6. The molecule has 202 valence electrons. The lowest BCUT2D eigenvalue weighted by Gasteiger charge is -2.32. The highest BCUT2D eigenvalue weighted by Crippen LogP contribution is 2.28. The molecule has 2 aromatic carbocycles. The second-order valence-corrected chi connectivity index (χ2v) is 10.4. The van der Waals surface area contributed by atoms with Gasteiger partial charge in [0.05, 0.1) is 11.8 Å². The number of hydrogen-bond donors (Lipinski definition) is 2. The van der Waals surface area contributed by atoms with Crippen molar-refractivity contribution < 1.29 is 14.3 Å². The van der Waals surface area contributed by atoms with Gasteiger partial charge in [-0.25, -0.2) is 0 Å². The summed E-state index contributed by atoms with van der Waals surface area (Å²) in [5.41, 5.74) is 5.17. The zero-order chi connectivity index (χ0) is 27.2. The van der Waals surface area contributed by atoms with Gasteiger partial charge in [-0.1, -0.05) is 50.2 Å². The molecule has 2 fully saturated rings. The smallest absolute Gasteiger partial charge is 0.270 e. The number of carbonyl (C=O) groups excluding carboxylic acids is 1. The number of piperazine rings is 1. The van der Waals surface area contributed by atoms with Gasteiger partial charge in [0.15, 0.2) is 0 Å². The van der Waals surface area contributed by atoms with E-state index >= 15 is 0 Å². The van der Waals surface area contributed by atoms with E-state index < -0.39 is 0 Å². The SMILES string of the molecule is CC(C)c1ccc(COc2ccc(/C(C(=N)c3ccncc3)=C3/NCCN(CC4CCCO4)C3=O)cc2)cc1. The van der Waals surface area contributed by atoms with Gasteiger partial charge in [0.25, 0.3) is 5.91 Å². The zero-order valence-electron chi connectivity index (χ0n) is 22.7. The van der Waals surface area contributed by atoms with Gasteiger partial charge in [-0.3, -0.25) is 15.2 Å². The second kappa shape index (κ2) is 12.3. The number of pyridine rings is 1. The first-order valence-corrected chi connectivity index (χ1v) is 13.7. The monoisotopic (exact) mass is 524 g/mol. The molecule has 2 N–H and O–H groups in total. The number of allylic oxidation sites excluding steroid dienone is 1. The third-order valence-corrected chi connectivity index (χ3v) is 7.30. The minimum Gasteiger partial charge on any atom is -0.489 e. The van der Waals surface area contributed by atoms with Crippen LogP contribution in [0.15, 0.2) is 78.8 Å². The molecule has 5 rings (SSSR count). The summed E-state index contributed by atoms with van der Waals surface area (Å²) in [6.07, 6.45) is 5.41. The van der Waals surface area contributed by atoms with Crippen LogP contribution in [0.4, 0.5) is 0 Å². The molecule has 0 spiro atoms. The van der Waals surface area contributed by atoms with E-state index in [9.17, 15) is 4.79 Å². The average Bonchev–Trinajstić information content (AvgIpc) is 3.48. The number of nitrogens with zero attached hydrogens (tertiary/aromatic N) is 2. The summed E-state index contributed by atoms with van der Waals surface area (Å²) in [7, 11) is 0. The Morgan fingerprint density at radius 3 is 2.49 bits per heavy atom. The number of amides is 1. The Morgan fingerprint density at radius 1 is 1.08 bits per heavy atom. The quantitative estimate of drug-likeness (QED) is 0.298. The van der Waals surface area contributed by atoms with Gasteiger partial charge in [-0.15, -0.1) is 0 Å². The summed E-state index contributed by atoms with van der Waals surface area (Å²) < 4.78 is 11.8. The summed E-state index contributed by atoms with van der Waals surface area (Å²) in [6, 6.07) is 19.7. The van der Waals surface area contributed by atoms with Crippen molar-refractivity contribution >= 4 is 17.2 Å². The fraction of sp³-hybridized carbons (Fsp3) is 0.344. The largest absolute Gasteiger partial charge is 0.489 e. The van der Waals surface area contributed by atoms with Crippen LogP contribution < -0.4 is 10.1 Å². The zero-order valence-corrected chi connectivity index (χ0v) is 22.7. The Hall–Kier alpha value is -3.97. The molecule has 0 radical (unpaired) electrons. The fourth-order valence-electron chi connectivity index (χ4n) is 5.01. The summed E-state index contributed by atoms with van der Waals surface area (Å²) in [5, 5.41) is 12.4. The number of carbonyl (C=O) groups is 1. The van der Waals surface area contributed by atoms with E-state index in [4.69, 9.17) is 14.9 Å². The van der Waals surface area contributed by atoms with Crippen molar-refractivity contribution in [3.8, 4) is 5.75 Å². The van der Waals surface area contributed by atoms with Crippen LogP contribution in [0.25, 0.3) is 5.57 Å². The lowest BCUT2D eigenvalue weighted by atomic mass is 9.93. The van der Waals surface area contributed by atoms with Crippen LogP contribution in [0.5, 0.6) is 5.75 Å². The van der Waals surface area contributed by atoms with E-state index in [0.717, 1.165) is 36.3 Å². The van der Waals surface area contributed by atoms with Crippen LogP contribution >= 0.6 is 0 Å². The van der Waals surface area contributed by atoms with Crippen LogP contribution in [0.1, 0.15) is 54.9 Å². The van der Waals surface area contributed by atoms with Crippen molar-refractivity contribution in [3.05, 3.63) is 101 Å². The van der Waals surface area contributed by atoms with Gasteiger partial charge in [0.2, 0.25) is 0 Å². The number of aromatic nitrogens is 1. The first-order chi connectivity index (χ1) is 19.0. The standard InChI is InChI=1S/C32H36N4O3/c1-22(2)24-7-5-23(6-8-24)21-39-27-11-9-25(10-12-27)29(30(33)26-13-15-34-16-14-26)31-32(37)36(18-17-35-31)20-28-4-3-19-38-28/h5-16,22,28,33,35H,3-4,17-21H2,1-2H3/b31-29-,33-30?. The summed E-state index contributed by atoms with van der Waals surface area (Å²) >= 11 is 0. The van der Waals surface area contributed by atoms with E-state index in [1.54, 1.807) is 24.5 Å². The molecule has 1 amide bonds. The first kappa shape index (κ1) is 26.6. The predicted octanol–water partition coefficient (Wildman–Crippen LogP) is 5.17. The highest BCUT2D eigenvalue weighted by Gasteiger charge is 2.31. The van der Waals surface area contributed by atoms with Crippen LogP contribution in [0.3, 0.4) is 0 Å². The van der Waals surface area contributed by atoms with Crippen molar-refractivity contribution in [3.63, 3.8) is 0 Å². The van der Waals surface area contributed by atoms with Gasteiger partial charge < -0.3 is 19.7 Å². The number of rotatable bonds is 9. The molecule has 2 aliphatic heterocycles. The molecule has 3 aromatic rings. The Morgan fingerprint density at radius 2 is 1.82 bits per heavy atom. The third kappa shape index (κ3) is 6.37. The Labute approximate surface area is 230 Å². The third-order valence-electron chi connectivity index (χ3n) is 7.30.